The Bertz CT molecular complexity index is 1070. The molecule has 0 amide bonds. The van der Waals surface area contributed by atoms with Gasteiger partial charge in [0.05, 0.1) is 6.10 Å². The van der Waals surface area contributed by atoms with Crippen LogP contribution in [0.3, 0.4) is 0 Å². The van der Waals surface area contributed by atoms with Crippen molar-refractivity contribution in [2.75, 3.05) is 0 Å². The minimum Gasteiger partial charge on any atom is -0.507 e. The number of hydrogen-bond donors (Lipinski definition) is 2. The largest absolute Gasteiger partial charge is 0.507 e. The Balaban J connectivity index is 2.03. The molecule has 212 valence electrons. The van der Waals surface area contributed by atoms with Gasteiger partial charge in [0.2, 0.25) is 0 Å². The zero-order valence-electron chi connectivity index (χ0n) is 23.6. The summed E-state index contributed by atoms with van der Waals surface area (Å²) in [6.07, 6.45) is 7.96. The zero-order chi connectivity index (χ0) is 28.0. The van der Waals surface area contributed by atoms with Crippen molar-refractivity contribution in [2.24, 2.45) is 11.8 Å². The average Bonchev–Trinajstić information content (AvgIpc) is 2.82. The number of aryl methyl sites for hydroxylation is 1. The molecular formula is C30H45O7P. The number of benzene rings is 1. The van der Waals surface area contributed by atoms with Crippen molar-refractivity contribution in [3.05, 3.63) is 47.1 Å². The first-order valence-corrected chi connectivity index (χ1v) is 15.5. The van der Waals surface area contributed by atoms with Crippen molar-refractivity contribution >= 4 is 13.8 Å². The number of allylic oxidation sites excluding steroid dienone is 3. The molecule has 2 unspecified atom stereocenters. The van der Waals surface area contributed by atoms with Crippen molar-refractivity contribution in [3.8, 4) is 11.5 Å². The summed E-state index contributed by atoms with van der Waals surface area (Å²) >= 11 is 0. The minimum atomic E-state index is -4.50. The lowest BCUT2D eigenvalue weighted by atomic mass is 9.73. The van der Waals surface area contributed by atoms with Gasteiger partial charge in [-0.25, -0.2) is 9.36 Å². The molecule has 1 saturated carbocycles. The highest BCUT2D eigenvalue weighted by Crippen LogP contribution is 2.50. The van der Waals surface area contributed by atoms with E-state index < -0.39 is 26.0 Å². The van der Waals surface area contributed by atoms with E-state index in [0.717, 1.165) is 49.7 Å². The zero-order valence-corrected chi connectivity index (χ0v) is 24.5. The van der Waals surface area contributed by atoms with E-state index in [1.54, 1.807) is 19.9 Å². The van der Waals surface area contributed by atoms with Crippen LogP contribution in [0, 0.1) is 11.8 Å². The van der Waals surface area contributed by atoms with Gasteiger partial charge in [0.1, 0.15) is 11.5 Å². The number of carbonyl (C=O) groups excluding carboxylic acids is 1. The van der Waals surface area contributed by atoms with E-state index >= 15 is 0 Å². The molecule has 4 atom stereocenters. The Morgan fingerprint density at radius 2 is 1.84 bits per heavy atom. The molecule has 0 spiro atoms. The highest BCUT2D eigenvalue weighted by molar-refractivity contribution is 7.47. The maximum atomic E-state index is 13.7. The van der Waals surface area contributed by atoms with Crippen molar-refractivity contribution < 1.29 is 33.1 Å². The lowest BCUT2D eigenvalue weighted by molar-refractivity contribution is -0.147. The van der Waals surface area contributed by atoms with Gasteiger partial charge in [-0.1, -0.05) is 56.4 Å². The Morgan fingerprint density at radius 1 is 1.16 bits per heavy atom. The van der Waals surface area contributed by atoms with Gasteiger partial charge in [0, 0.05) is 11.5 Å². The van der Waals surface area contributed by atoms with Gasteiger partial charge in [0.15, 0.2) is 6.10 Å². The summed E-state index contributed by atoms with van der Waals surface area (Å²) in [7, 11) is -4.50. The highest BCUT2D eigenvalue weighted by Gasteiger charge is 2.40. The van der Waals surface area contributed by atoms with Crippen LogP contribution < -0.4 is 4.74 Å². The second-order valence-corrected chi connectivity index (χ2v) is 12.6. The third-order valence-corrected chi connectivity index (χ3v) is 8.73. The Morgan fingerprint density at radius 3 is 2.45 bits per heavy atom. The lowest BCUT2D eigenvalue weighted by Crippen LogP contribution is -2.37. The number of hydrogen-bond acceptors (Lipinski definition) is 6. The highest BCUT2D eigenvalue weighted by atomic mass is 31.2. The molecule has 7 nitrogen and oxygen atoms in total. The number of phenols is 1. The van der Waals surface area contributed by atoms with Gasteiger partial charge < -0.3 is 14.7 Å². The number of phenolic OH excluding ortho intramolecular Hbond substituents is 1. The van der Waals surface area contributed by atoms with Crippen LogP contribution in [0.4, 0.5) is 0 Å². The average molecular weight is 549 g/mol. The van der Waals surface area contributed by atoms with E-state index in [1.165, 1.54) is 5.57 Å². The number of carbonyl (C=O) groups is 1. The molecule has 0 heterocycles. The van der Waals surface area contributed by atoms with Gasteiger partial charge in [-0.05, 0) is 89.3 Å². The molecule has 2 aliphatic carbocycles. The second kappa shape index (κ2) is 13.4. The van der Waals surface area contributed by atoms with E-state index in [2.05, 4.69) is 19.6 Å². The molecule has 0 radical (unpaired) electrons. The standard InChI is InChI=1S/C30H45O7P/c1-7-11-22-17-26(31)28(25-16-21(6)14-15-24(25)19(2)3)27(18-22)35-30(32)29(23-12-9-8-10-13-23)37-38(33,34)36-20(4)5/h16-18,20,23-25,29,31H,2,7-15H2,1,3-6H3,(H,33,34)/t24-,25+,29?/m0/s1. The van der Waals surface area contributed by atoms with E-state index in [0.29, 0.717) is 24.8 Å². The van der Waals surface area contributed by atoms with Crippen LogP contribution in [0.2, 0.25) is 0 Å². The summed E-state index contributed by atoms with van der Waals surface area (Å²) in [4.78, 5) is 24.1. The van der Waals surface area contributed by atoms with Gasteiger partial charge in [-0.3, -0.25) is 9.05 Å². The summed E-state index contributed by atoms with van der Waals surface area (Å²) in [5.74, 6) is -0.780. The molecule has 0 bridgehead atoms. The molecule has 8 heteroatoms. The number of aromatic hydroxyl groups is 1. The van der Waals surface area contributed by atoms with Gasteiger partial charge in [-0.2, -0.15) is 0 Å². The Hall–Kier alpha value is -1.92. The van der Waals surface area contributed by atoms with Crippen LogP contribution in [0.25, 0.3) is 0 Å². The van der Waals surface area contributed by atoms with Crippen molar-refractivity contribution in [1.82, 2.24) is 0 Å². The number of phosphoric ester groups is 1. The van der Waals surface area contributed by atoms with Gasteiger partial charge >= 0.3 is 13.8 Å². The van der Waals surface area contributed by atoms with E-state index in [1.807, 2.05) is 19.9 Å². The fourth-order valence-corrected chi connectivity index (χ4v) is 6.91. The predicted molar refractivity (Wildman–Crippen MR) is 149 cm³/mol. The first-order chi connectivity index (χ1) is 17.9. The molecule has 3 rings (SSSR count). The first-order valence-electron chi connectivity index (χ1n) is 14.0. The third-order valence-electron chi connectivity index (χ3n) is 7.54. The molecule has 1 aromatic carbocycles. The molecule has 0 aliphatic heterocycles. The van der Waals surface area contributed by atoms with E-state index in [9.17, 15) is 19.4 Å². The monoisotopic (exact) mass is 548 g/mol. The maximum absolute atomic E-state index is 13.7. The summed E-state index contributed by atoms with van der Waals surface area (Å²) in [6.45, 7) is 13.5. The quantitative estimate of drug-likeness (QED) is 0.126. The summed E-state index contributed by atoms with van der Waals surface area (Å²) in [5.41, 5.74) is 3.60. The van der Waals surface area contributed by atoms with Crippen LogP contribution in [0.1, 0.15) is 103 Å². The molecule has 1 aromatic rings. The number of esters is 1. The van der Waals surface area contributed by atoms with Crippen LogP contribution in [-0.4, -0.2) is 28.2 Å². The fraction of sp³-hybridized carbons (Fsp3) is 0.633. The summed E-state index contributed by atoms with van der Waals surface area (Å²) in [5, 5.41) is 11.2. The normalized spacial score (nSPS) is 23.0. The van der Waals surface area contributed by atoms with Crippen LogP contribution >= 0.6 is 7.82 Å². The molecule has 1 fully saturated rings. The maximum Gasteiger partial charge on any atom is 0.473 e. The predicted octanol–water partition coefficient (Wildman–Crippen LogP) is 7.76. The number of ether oxygens (including phenoxy) is 1. The van der Waals surface area contributed by atoms with Crippen molar-refractivity contribution in [1.29, 1.82) is 0 Å². The second-order valence-electron chi connectivity index (χ2n) is 11.3. The van der Waals surface area contributed by atoms with Crippen molar-refractivity contribution in [3.63, 3.8) is 0 Å². The van der Waals surface area contributed by atoms with Gasteiger partial charge in [0.25, 0.3) is 0 Å². The lowest BCUT2D eigenvalue weighted by Gasteiger charge is -2.33. The molecule has 2 aliphatic rings. The molecule has 38 heavy (non-hydrogen) atoms. The molecule has 0 saturated heterocycles. The molecule has 2 N–H and O–H groups in total. The number of rotatable bonds is 11. The SMILES string of the molecule is C=C(C)[C@@H]1CCC(C)=C[C@H]1c1c(O)cc(CCC)cc1OC(=O)C(OP(=O)(O)OC(C)C)C1CCCCC1. The van der Waals surface area contributed by atoms with Crippen molar-refractivity contribution in [2.45, 2.75) is 111 Å². The van der Waals surface area contributed by atoms with Crippen LogP contribution in [0.5, 0.6) is 11.5 Å². The van der Waals surface area contributed by atoms with E-state index in [-0.39, 0.29) is 29.3 Å². The topological polar surface area (TPSA) is 102 Å². The summed E-state index contributed by atoms with van der Waals surface area (Å²) < 4.78 is 29.4. The van der Waals surface area contributed by atoms with Crippen LogP contribution in [0.15, 0.2) is 35.9 Å². The van der Waals surface area contributed by atoms with Crippen LogP contribution in [-0.2, 0) is 24.8 Å². The summed E-state index contributed by atoms with van der Waals surface area (Å²) in [6, 6.07) is 3.56. The Kier molecular flexibility index (Phi) is 10.8. The minimum absolute atomic E-state index is 0.0760. The number of phosphoric acid groups is 1. The Labute approximate surface area is 227 Å². The van der Waals surface area contributed by atoms with Gasteiger partial charge in [-0.15, -0.1) is 0 Å². The third kappa shape index (κ3) is 8.05. The molecule has 0 aromatic heterocycles. The van der Waals surface area contributed by atoms with E-state index in [4.69, 9.17) is 13.8 Å². The molecular weight excluding hydrogens is 503 g/mol. The smallest absolute Gasteiger partial charge is 0.473 e. The first kappa shape index (κ1) is 30.6. The fourth-order valence-electron chi connectivity index (χ4n) is 5.79.